The molecule has 4 heterocycles. The van der Waals surface area contributed by atoms with Crippen LogP contribution in [0, 0.1) is 13.8 Å². The van der Waals surface area contributed by atoms with Crippen molar-refractivity contribution < 1.29 is 0 Å². The highest BCUT2D eigenvalue weighted by Gasteiger charge is 2.20. The zero-order chi connectivity index (χ0) is 17.9. The second kappa shape index (κ2) is 7.47. The van der Waals surface area contributed by atoms with Gasteiger partial charge >= 0.3 is 0 Å². The summed E-state index contributed by atoms with van der Waals surface area (Å²) in [4.78, 5) is 14.8. The molecule has 26 heavy (non-hydrogen) atoms. The molecule has 6 nitrogen and oxygen atoms in total. The molecule has 7 heteroatoms. The summed E-state index contributed by atoms with van der Waals surface area (Å²) in [5.74, 6) is 0.951. The van der Waals surface area contributed by atoms with Crippen LogP contribution in [-0.2, 0) is 6.54 Å². The Morgan fingerprint density at radius 3 is 2.35 bits per heavy atom. The quantitative estimate of drug-likeness (QED) is 0.708. The van der Waals surface area contributed by atoms with Crippen molar-refractivity contribution in [3.63, 3.8) is 0 Å². The summed E-state index contributed by atoms with van der Waals surface area (Å²) in [5, 5.41) is 9.97. The summed E-state index contributed by atoms with van der Waals surface area (Å²) in [6.07, 6.45) is 3.55. The van der Waals surface area contributed by atoms with Gasteiger partial charge in [-0.1, -0.05) is 0 Å². The van der Waals surface area contributed by atoms with E-state index >= 15 is 0 Å². The van der Waals surface area contributed by atoms with E-state index in [0.717, 1.165) is 54.8 Å². The molecule has 0 aromatic carbocycles. The summed E-state index contributed by atoms with van der Waals surface area (Å²) >= 11 is 1.81. The van der Waals surface area contributed by atoms with Gasteiger partial charge in [-0.3, -0.25) is 9.88 Å². The molecule has 4 rings (SSSR count). The summed E-state index contributed by atoms with van der Waals surface area (Å²) in [5.41, 5.74) is 3.09. The molecule has 0 radical (unpaired) electrons. The molecule has 0 bridgehead atoms. The van der Waals surface area contributed by atoms with Crippen LogP contribution in [0.2, 0.25) is 0 Å². The number of pyridine rings is 1. The molecule has 0 aliphatic carbocycles. The van der Waals surface area contributed by atoms with Gasteiger partial charge in [0, 0.05) is 55.6 Å². The lowest BCUT2D eigenvalue weighted by Gasteiger charge is -2.35. The number of piperazine rings is 1. The Morgan fingerprint density at radius 2 is 1.73 bits per heavy atom. The highest BCUT2D eigenvalue weighted by Crippen LogP contribution is 2.22. The predicted molar refractivity (Wildman–Crippen MR) is 104 cm³/mol. The number of anilines is 1. The molecule has 0 unspecified atom stereocenters. The Morgan fingerprint density at radius 1 is 0.962 bits per heavy atom. The lowest BCUT2D eigenvalue weighted by atomic mass is 10.2. The van der Waals surface area contributed by atoms with E-state index in [1.54, 1.807) is 12.4 Å². The van der Waals surface area contributed by atoms with Crippen molar-refractivity contribution >= 4 is 17.2 Å². The van der Waals surface area contributed by atoms with Crippen LogP contribution in [0.15, 0.2) is 36.7 Å². The van der Waals surface area contributed by atoms with Crippen LogP contribution in [0.25, 0.3) is 11.3 Å². The third-order valence-corrected chi connectivity index (χ3v) is 5.75. The van der Waals surface area contributed by atoms with Crippen molar-refractivity contribution in [2.24, 2.45) is 0 Å². The van der Waals surface area contributed by atoms with Crippen LogP contribution in [0.5, 0.6) is 0 Å². The minimum Gasteiger partial charge on any atom is -0.353 e. The Labute approximate surface area is 157 Å². The Hall–Kier alpha value is -2.38. The lowest BCUT2D eigenvalue weighted by Crippen LogP contribution is -2.46. The van der Waals surface area contributed by atoms with Gasteiger partial charge in [0.05, 0.1) is 16.4 Å². The smallest absolute Gasteiger partial charge is 0.151 e. The van der Waals surface area contributed by atoms with Crippen molar-refractivity contribution in [1.29, 1.82) is 0 Å². The Balaban J connectivity index is 1.36. The molecule has 3 aromatic rings. The topological polar surface area (TPSA) is 58.0 Å². The summed E-state index contributed by atoms with van der Waals surface area (Å²) in [6, 6.07) is 8.00. The molecule has 0 spiro atoms. The molecule has 134 valence electrons. The van der Waals surface area contributed by atoms with E-state index in [1.807, 2.05) is 29.5 Å². The van der Waals surface area contributed by atoms with Crippen LogP contribution >= 0.6 is 11.3 Å². The number of hydrogen-bond acceptors (Lipinski definition) is 7. The number of aryl methyl sites for hydroxylation is 2. The Bertz CT molecular complexity index is 853. The fourth-order valence-corrected chi connectivity index (χ4v) is 4.21. The number of rotatable bonds is 4. The van der Waals surface area contributed by atoms with Gasteiger partial charge in [0.15, 0.2) is 5.82 Å². The van der Waals surface area contributed by atoms with Crippen LogP contribution < -0.4 is 4.90 Å². The van der Waals surface area contributed by atoms with Crippen LogP contribution in [0.1, 0.15) is 15.6 Å². The zero-order valence-corrected chi connectivity index (χ0v) is 15.9. The largest absolute Gasteiger partial charge is 0.353 e. The third kappa shape index (κ3) is 3.73. The van der Waals surface area contributed by atoms with Gasteiger partial charge in [0.1, 0.15) is 0 Å². The minimum absolute atomic E-state index is 0.880. The van der Waals surface area contributed by atoms with Crippen molar-refractivity contribution in [2.45, 2.75) is 20.4 Å². The van der Waals surface area contributed by atoms with E-state index in [-0.39, 0.29) is 0 Å². The SMILES string of the molecule is Cc1nc(C)c(CN2CCN(c3ccc(-c4ccncc4)nn3)CC2)s1. The average molecular weight is 366 g/mol. The van der Waals surface area contributed by atoms with Crippen LogP contribution in [0.3, 0.4) is 0 Å². The number of hydrogen-bond donors (Lipinski definition) is 0. The molecule has 0 amide bonds. The maximum absolute atomic E-state index is 4.53. The highest BCUT2D eigenvalue weighted by molar-refractivity contribution is 7.11. The standard InChI is InChI=1S/C19H22N6S/c1-14-18(26-15(2)21-14)13-24-9-11-25(12-10-24)19-4-3-17(22-23-19)16-5-7-20-8-6-16/h3-8H,9-13H2,1-2H3. The van der Waals surface area contributed by atoms with Crippen LogP contribution in [-0.4, -0.2) is 51.2 Å². The van der Waals surface area contributed by atoms with E-state index in [2.05, 4.69) is 49.9 Å². The highest BCUT2D eigenvalue weighted by atomic mass is 32.1. The monoisotopic (exact) mass is 366 g/mol. The fourth-order valence-electron chi connectivity index (χ4n) is 3.23. The molecule has 1 saturated heterocycles. The summed E-state index contributed by atoms with van der Waals surface area (Å²) in [7, 11) is 0. The molecule has 0 atom stereocenters. The van der Waals surface area contributed by atoms with Gasteiger partial charge in [0.2, 0.25) is 0 Å². The van der Waals surface area contributed by atoms with E-state index in [1.165, 1.54) is 10.6 Å². The lowest BCUT2D eigenvalue weighted by molar-refractivity contribution is 0.250. The molecule has 0 N–H and O–H groups in total. The predicted octanol–water partition coefficient (Wildman–Crippen LogP) is 2.93. The van der Waals surface area contributed by atoms with Crippen LogP contribution in [0.4, 0.5) is 5.82 Å². The van der Waals surface area contributed by atoms with Gasteiger partial charge in [-0.2, -0.15) is 0 Å². The fraction of sp³-hybridized carbons (Fsp3) is 0.368. The van der Waals surface area contributed by atoms with Gasteiger partial charge < -0.3 is 4.90 Å². The van der Waals surface area contributed by atoms with Crippen molar-refractivity contribution in [1.82, 2.24) is 25.1 Å². The molecule has 0 saturated carbocycles. The van der Waals surface area contributed by atoms with Gasteiger partial charge in [-0.05, 0) is 38.1 Å². The van der Waals surface area contributed by atoms with E-state index in [0.29, 0.717) is 0 Å². The number of nitrogens with zero attached hydrogens (tertiary/aromatic N) is 6. The first-order valence-electron chi connectivity index (χ1n) is 8.83. The van der Waals surface area contributed by atoms with E-state index in [4.69, 9.17) is 0 Å². The average Bonchev–Trinajstić information content (AvgIpc) is 3.00. The first kappa shape index (κ1) is 17.1. The van der Waals surface area contributed by atoms with Gasteiger partial charge in [-0.25, -0.2) is 4.98 Å². The van der Waals surface area contributed by atoms with E-state index in [9.17, 15) is 0 Å². The van der Waals surface area contributed by atoms with Gasteiger partial charge in [-0.15, -0.1) is 21.5 Å². The normalized spacial score (nSPS) is 15.4. The minimum atomic E-state index is 0.880. The number of thiazole rings is 1. The zero-order valence-electron chi connectivity index (χ0n) is 15.1. The summed E-state index contributed by atoms with van der Waals surface area (Å²) < 4.78 is 0. The summed E-state index contributed by atoms with van der Waals surface area (Å²) in [6.45, 7) is 9.19. The first-order chi connectivity index (χ1) is 12.7. The molecule has 1 aliphatic heterocycles. The molecule has 3 aromatic heterocycles. The second-order valence-electron chi connectivity index (χ2n) is 6.52. The third-order valence-electron chi connectivity index (χ3n) is 4.69. The molecule has 1 fully saturated rings. The molecular weight excluding hydrogens is 344 g/mol. The maximum atomic E-state index is 4.53. The van der Waals surface area contributed by atoms with Crippen molar-refractivity contribution in [3.05, 3.63) is 52.2 Å². The van der Waals surface area contributed by atoms with Crippen molar-refractivity contribution in [2.75, 3.05) is 31.1 Å². The maximum Gasteiger partial charge on any atom is 0.151 e. The first-order valence-corrected chi connectivity index (χ1v) is 9.65. The molecule has 1 aliphatic rings. The van der Waals surface area contributed by atoms with Crippen molar-refractivity contribution in [3.8, 4) is 11.3 Å². The Kier molecular flexibility index (Phi) is 4.90. The van der Waals surface area contributed by atoms with Gasteiger partial charge in [0.25, 0.3) is 0 Å². The van der Waals surface area contributed by atoms with E-state index < -0.39 is 0 Å². The second-order valence-corrected chi connectivity index (χ2v) is 7.81. The molecular formula is C19H22N6S. The number of aromatic nitrogens is 4.